The van der Waals surface area contributed by atoms with E-state index < -0.39 is 30.1 Å². The molecule has 8 atom stereocenters. The third-order valence-electron chi connectivity index (χ3n) is 9.85. The Bertz CT molecular complexity index is 1280. The Morgan fingerprint density at radius 3 is 2.48 bits per heavy atom. The number of aliphatic hydroxyl groups excluding tert-OH is 2. The number of fused-ring (bicyclic) bond motifs is 2. The molecule has 2 amide bonds. The number of nitroso groups, excluding NO2 is 1. The molecule has 1 aliphatic heterocycles. The highest BCUT2D eigenvalue weighted by molar-refractivity contribution is 5.96. The lowest BCUT2D eigenvalue weighted by molar-refractivity contribution is -0.183. The van der Waals surface area contributed by atoms with E-state index in [2.05, 4.69) is 31.3 Å². The summed E-state index contributed by atoms with van der Waals surface area (Å²) in [6.45, 7) is 8.42. The zero-order valence-corrected chi connectivity index (χ0v) is 23.5. The summed E-state index contributed by atoms with van der Waals surface area (Å²) in [4.78, 5) is 42.4. The number of hydroxylamine groups is 2. The Labute approximate surface area is 234 Å². The smallest absolute Gasteiger partial charge is 0.316 e. The number of carbonyl (C=O) groups is 2. The number of carbonyl (C=O) groups excluding carboxylic acids is 2. The first kappa shape index (κ1) is 28.5. The van der Waals surface area contributed by atoms with Crippen LogP contribution >= 0.6 is 0 Å². The average molecular weight is 550 g/mol. The second-order valence-corrected chi connectivity index (χ2v) is 12.4. The minimum Gasteiger partial charge on any atom is -0.394 e. The molecule has 6 rings (SSSR count). The van der Waals surface area contributed by atoms with E-state index >= 15 is 0 Å². The fourth-order valence-electron chi connectivity index (χ4n) is 7.40. The quantitative estimate of drug-likeness (QED) is 0.426. The summed E-state index contributed by atoms with van der Waals surface area (Å²) >= 11 is 0. The molecule has 1 unspecified atom stereocenters. The largest absolute Gasteiger partial charge is 0.394 e. The molecule has 2 aromatic rings. The third kappa shape index (κ3) is 5.11. The van der Waals surface area contributed by atoms with Crippen LogP contribution in [-0.4, -0.2) is 58.0 Å². The molecule has 214 valence electrons. The average Bonchev–Trinajstić information content (AvgIpc) is 3.32. The van der Waals surface area contributed by atoms with Crippen molar-refractivity contribution in [3.63, 3.8) is 0 Å². The Morgan fingerprint density at radius 1 is 1.15 bits per heavy atom. The number of nitrogens with zero attached hydrogens (tertiary/aromatic N) is 2. The van der Waals surface area contributed by atoms with Gasteiger partial charge in [0.2, 0.25) is 5.91 Å². The molecule has 3 saturated carbocycles. The normalized spacial score (nSPS) is 31.7. The molecular weight excluding hydrogens is 510 g/mol. The topological polar surface area (TPSA) is 129 Å². The Balaban J connectivity index is 1.37. The summed E-state index contributed by atoms with van der Waals surface area (Å²) in [5, 5.41) is 28.1. The molecule has 2 aromatic carbocycles. The number of rotatable bonds is 8. The standard InChI is InChI=1S/C31H39N3O6/c1-17-24-13-23(31(24,3)4)14-25(17)32-30(38)28-27(18(2)36)26(16-35)40-34(28)15-19-7-5-8-20(11-19)21-9-6-10-22(12-21)29(37)33-39/h5-12,17-18,23-28,35-36H,13-16H2,1-4H3,(H,32,38)/t17-,18-,23+,24-,25-,26-,27?,28-/m0/s1. The van der Waals surface area contributed by atoms with E-state index in [9.17, 15) is 24.7 Å². The van der Waals surface area contributed by atoms with Crippen LogP contribution in [0.3, 0.4) is 0 Å². The summed E-state index contributed by atoms with van der Waals surface area (Å²) in [6.07, 6.45) is 0.567. The molecule has 0 aromatic heterocycles. The number of amides is 2. The first-order valence-electron chi connectivity index (χ1n) is 14.1. The van der Waals surface area contributed by atoms with Gasteiger partial charge in [-0.05, 0) is 77.8 Å². The minimum atomic E-state index is -0.868. The van der Waals surface area contributed by atoms with Crippen LogP contribution in [0.15, 0.2) is 53.7 Å². The van der Waals surface area contributed by atoms with Gasteiger partial charge in [0.15, 0.2) is 0 Å². The van der Waals surface area contributed by atoms with Crippen molar-refractivity contribution in [2.75, 3.05) is 6.61 Å². The minimum absolute atomic E-state index is 0.0631. The van der Waals surface area contributed by atoms with Gasteiger partial charge in [0.1, 0.15) is 12.1 Å². The van der Waals surface area contributed by atoms with E-state index in [-0.39, 0.29) is 30.7 Å². The zero-order valence-electron chi connectivity index (χ0n) is 23.5. The van der Waals surface area contributed by atoms with E-state index in [0.717, 1.165) is 23.1 Å². The molecule has 3 aliphatic carbocycles. The predicted octanol–water partition coefficient (Wildman–Crippen LogP) is 3.92. The monoisotopic (exact) mass is 549 g/mol. The number of aliphatic hydroxyl groups is 2. The lowest BCUT2D eigenvalue weighted by Gasteiger charge is -2.62. The van der Waals surface area contributed by atoms with E-state index in [1.807, 2.05) is 30.3 Å². The maximum atomic E-state index is 13.8. The van der Waals surface area contributed by atoms with Gasteiger partial charge in [-0.2, -0.15) is 5.06 Å². The number of benzene rings is 2. The van der Waals surface area contributed by atoms with Crippen LogP contribution in [0.25, 0.3) is 11.1 Å². The first-order valence-corrected chi connectivity index (χ1v) is 14.1. The van der Waals surface area contributed by atoms with Crippen molar-refractivity contribution < 1.29 is 24.6 Å². The SMILES string of the molecule is C[C@@H]1[C@@H](NC(=O)[C@@H]2C([C@H](C)O)[C@H](CO)ON2Cc2cccc(-c3cccc(C(=O)N=O)c3)c2)C[C@H]2C[C@@H]1C2(C)C. The van der Waals surface area contributed by atoms with Crippen molar-refractivity contribution in [2.24, 2.45) is 34.3 Å². The summed E-state index contributed by atoms with van der Waals surface area (Å²) in [5.74, 6) is -0.106. The van der Waals surface area contributed by atoms with Gasteiger partial charge in [-0.3, -0.25) is 14.4 Å². The number of nitrogens with one attached hydrogen (secondary N) is 1. The van der Waals surface area contributed by atoms with E-state index in [0.29, 0.717) is 23.2 Å². The summed E-state index contributed by atoms with van der Waals surface area (Å²) in [5.41, 5.74) is 2.92. The molecule has 40 heavy (non-hydrogen) atoms. The van der Waals surface area contributed by atoms with Gasteiger partial charge in [0.25, 0.3) is 0 Å². The second kappa shape index (κ2) is 11.1. The van der Waals surface area contributed by atoms with Gasteiger partial charge in [-0.1, -0.05) is 51.1 Å². The predicted molar refractivity (Wildman–Crippen MR) is 150 cm³/mol. The second-order valence-electron chi connectivity index (χ2n) is 12.4. The fraction of sp³-hybridized carbons (Fsp3) is 0.548. The van der Waals surface area contributed by atoms with Gasteiger partial charge in [0.05, 0.1) is 19.3 Å². The van der Waals surface area contributed by atoms with Crippen LogP contribution in [0.4, 0.5) is 0 Å². The maximum absolute atomic E-state index is 13.8. The van der Waals surface area contributed by atoms with Crippen LogP contribution in [0.2, 0.25) is 0 Å². The Kier molecular flexibility index (Phi) is 7.94. The van der Waals surface area contributed by atoms with Crippen molar-refractivity contribution in [1.29, 1.82) is 0 Å². The van der Waals surface area contributed by atoms with Crippen molar-refractivity contribution in [3.05, 3.63) is 64.6 Å². The van der Waals surface area contributed by atoms with Crippen LogP contribution in [0.5, 0.6) is 0 Å². The highest BCUT2D eigenvalue weighted by Gasteiger charge is 2.57. The molecule has 0 radical (unpaired) electrons. The zero-order chi connectivity index (χ0) is 28.8. The number of hydrogen-bond donors (Lipinski definition) is 3. The van der Waals surface area contributed by atoms with E-state index in [1.54, 1.807) is 30.2 Å². The first-order chi connectivity index (χ1) is 19.0. The molecule has 0 spiro atoms. The van der Waals surface area contributed by atoms with E-state index in [4.69, 9.17) is 4.84 Å². The highest BCUT2D eigenvalue weighted by Crippen LogP contribution is 2.61. The van der Waals surface area contributed by atoms with Gasteiger partial charge >= 0.3 is 5.91 Å². The van der Waals surface area contributed by atoms with Crippen LogP contribution in [-0.2, 0) is 16.2 Å². The molecule has 1 heterocycles. The highest BCUT2D eigenvalue weighted by atomic mass is 16.7. The molecule has 2 bridgehead atoms. The number of hydrogen-bond acceptors (Lipinski definition) is 7. The molecule has 4 aliphatic rings. The van der Waals surface area contributed by atoms with Crippen molar-refractivity contribution in [1.82, 2.24) is 10.4 Å². The third-order valence-corrected chi connectivity index (χ3v) is 9.85. The van der Waals surface area contributed by atoms with Crippen molar-refractivity contribution >= 4 is 11.8 Å². The molecular formula is C31H39N3O6. The molecule has 9 heteroatoms. The Hall–Kier alpha value is -2.98. The van der Waals surface area contributed by atoms with Crippen molar-refractivity contribution in [2.45, 2.75) is 71.4 Å². The van der Waals surface area contributed by atoms with Crippen LogP contribution in [0, 0.1) is 34.0 Å². The van der Waals surface area contributed by atoms with Gasteiger partial charge in [-0.25, -0.2) is 0 Å². The molecule has 9 nitrogen and oxygen atoms in total. The van der Waals surface area contributed by atoms with Crippen LogP contribution < -0.4 is 5.32 Å². The summed E-state index contributed by atoms with van der Waals surface area (Å²) < 4.78 is 0. The summed E-state index contributed by atoms with van der Waals surface area (Å²) in [7, 11) is 0. The molecule has 4 fully saturated rings. The maximum Gasteiger partial charge on any atom is 0.316 e. The molecule has 3 N–H and O–H groups in total. The van der Waals surface area contributed by atoms with E-state index in [1.165, 1.54) is 6.42 Å². The van der Waals surface area contributed by atoms with Gasteiger partial charge in [-0.15, -0.1) is 4.91 Å². The summed E-state index contributed by atoms with van der Waals surface area (Å²) in [6, 6.07) is 13.6. The Morgan fingerprint density at radius 2 is 1.85 bits per heavy atom. The van der Waals surface area contributed by atoms with Gasteiger partial charge in [0, 0.05) is 22.7 Å². The lowest BCUT2D eigenvalue weighted by Crippen LogP contribution is -2.62. The van der Waals surface area contributed by atoms with Gasteiger partial charge < -0.3 is 15.5 Å². The van der Waals surface area contributed by atoms with Crippen molar-refractivity contribution in [3.8, 4) is 11.1 Å². The fourth-order valence-corrected chi connectivity index (χ4v) is 7.40. The van der Waals surface area contributed by atoms with Crippen LogP contribution in [0.1, 0.15) is 56.5 Å². The molecule has 1 saturated heterocycles. The lowest BCUT2D eigenvalue weighted by atomic mass is 9.45.